The number of hydrogen-bond donors (Lipinski definition) is 1. The Hall–Kier alpha value is -1.00. The van der Waals surface area contributed by atoms with Crippen molar-refractivity contribution in [2.45, 2.75) is 46.1 Å². The van der Waals surface area contributed by atoms with Crippen molar-refractivity contribution in [3.8, 4) is 0 Å². The van der Waals surface area contributed by atoms with Crippen LogP contribution in [0.15, 0.2) is 12.4 Å². The second-order valence-electron chi connectivity index (χ2n) is 5.39. The second-order valence-corrected chi connectivity index (χ2v) is 6.51. The lowest BCUT2D eigenvalue weighted by atomic mass is 9.85. The smallest absolute Gasteiger partial charge is 0.127 e. The van der Waals surface area contributed by atoms with Crippen LogP contribution in [0.4, 0.5) is 0 Å². The Morgan fingerprint density at radius 2 is 2.00 bits per heavy atom. The summed E-state index contributed by atoms with van der Waals surface area (Å²) in [5.74, 6) is 0.959. The highest BCUT2D eigenvalue weighted by Crippen LogP contribution is 2.34. The summed E-state index contributed by atoms with van der Waals surface area (Å²) < 4.78 is 0. The summed E-state index contributed by atoms with van der Waals surface area (Å²) in [5, 5.41) is 4.61. The fourth-order valence-electron chi connectivity index (χ4n) is 2.67. The monoisotopic (exact) mass is 277 g/mol. The molecule has 104 valence electrons. The number of nitrogens with zero attached hydrogens (tertiary/aromatic N) is 2. The molecule has 0 aromatic carbocycles. The van der Waals surface area contributed by atoms with Crippen LogP contribution in [-0.4, -0.2) is 23.1 Å². The number of hydrogen-bond acceptors (Lipinski definition) is 4. The SMILES string of the molecule is CCc1cc2c(C(C(C)C)C(C)NC)ncnc2s1. The number of nitrogens with one attached hydrogen (secondary N) is 1. The molecule has 0 aliphatic carbocycles. The number of fused-ring (bicyclic) bond motifs is 1. The summed E-state index contributed by atoms with van der Waals surface area (Å²) >= 11 is 1.79. The van der Waals surface area contributed by atoms with Crippen molar-refractivity contribution in [1.82, 2.24) is 15.3 Å². The molecular weight excluding hydrogens is 254 g/mol. The van der Waals surface area contributed by atoms with Crippen molar-refractivity contribution in [3.63, 3.8) is 0 Å². The van der Waals surface area contributed by atoms with Gasteiger partial charge in [0.1, 0.15) is 11.2 Å². The van der Waals surface area contributed by atoms with E-state index < -0.39 is 0 Å². The predicted octanol–water partition coefficient (Wildman–Crippen LogP) is 3.60. The van der Waals surface area contributed by atoms with Gasteiger partial charge in [-0.05, 0) is 32.4 Å². The Kier molecular flexibility index (Phi) is 4.53. The molecule has 0 saturated heterocycles. The van der Waals surface area contributed by atoms with E-state index in [4.69, 9.17) is 0 Å². The Balaban J connectivity index is 2.55. The zero-order valence-corrected chi connectivity index (χ0v) is 13.2. The largest absolute Gasteiger partial charge is 0.317 e. The summed E-state index contributed by atoms with van der Waals surface area (Å²) in [6.45, 7) is 8.94. The quantitative estimate of drug-likeness (QED) is 0.907. The summed E-state index contributed by atoms with van der Waals surface area (Å²) in [6, 6.07) is 2.68. The molecule has 0 spiro atoms. The third kappa shape index (κ3) is 2.79. The van der Waals surface area contributed by atoms with Crippen LogP contribution in [0.25, 0.3) is 10.2 Å². The van der Waals surface area contributed by atoms with Gasteiger partial charge in [0.25, 0.3) is 0 Å². The van der Waals surface area contributed by atoms with E-state index >= 15 is 0 Å². The third-order valence-corrected chi connectivity index (χ3v) is 4.98. The number of likely N-dealkylation sites (N-methyl/N-ethyl adjacent to an activating group) is 1. The predicted molar refractivity (Wildman–Crippen MR) is 82.9 cm³/mol. The molecule has 2 atom stereocenters. The number of thiophene rings is 1. The maximum atomic E-state index is 4.60. The highest BCUT2D eigenvalue weighted by Gasteiger charge is 2.25. The van der Waals surface area contributed by atoms with E-state index in [-0.39, 0.29) is 0 Å². The van der Waals surface area contributed by atoms with E-state index in [0.29, 0.717) is 17.9 Å². The lowest BCUT2D eigenvalue weighted by molar-refractivity contribution is 0.390. The fraction of sp³-hybridized carbons (Fsp3) is 0.600. The van der Waals surface area contributed by atoms with Crippen molar-refractivity contribution in [2.24, 2.45) is 5.92 Å². The minimum absolute atomic E-state index is 0.406. The Labute approximate surface area is 119 Å². The zero-order valence-electron chi connectivity index (χ0n) is 12.4. The zero-order chi connectivity index (χ0) is 14.0. The van der Waals surface area contributed by atoms with Gasteiger partial charge in [0.2, 0.25) is 0 Å². The van der Waals surface area contributed by atoms with Crippen LogP contribution in [0, 0.1) is 5.92 Å². The molecule has 0 fully saturated rings. The molecule has 2 unspecified atom stereocenters. The van der Waals surface area contributed by atoms with E-state index in [1.54, 1.807) is 17.7 Å². The lowest BCUT2D eigenvalue weighted by Crippen LogP contribution is -2.32. The maximum Gasteiger partial charge on any atom is 0.127 e. The highest BCUT2D eigenvalue weighted by atomic mass is 32.1. The summed E-state index contributed by atoms with van der Waals surface area (Å²) in [5.41, 5.74) is 1.19. The van der Waals surface area contributed by atoms with Gasteiger partial charge in [-0.3, -0.25) is 0 Å². The number of aryl methyl sites for hydroxylation is 1. The molecule has 2 heterocycles. The molecule has 0 radical (unpaired) electrons. The molecule has 3 nitrogen and oxygen atoms in total. The average molecular weight is 277 g/mol. The van der Waals surface area contributed by atoms with Crippen LogP contribution >= 0.6 is 11.3 Å². The molecule has 0 amide bonds. The first-order valence-corrected chi connectivity index (χ1v) is 7.80. The first-order valence-electron chi connectivity index (χ1n) is 6.99. The van der Waals surface area contributed by atoms with E-state index in [2.05, 4.69) is 49.0 Å². The van der Waals surface area contributed by atoms with Crippen LogP contribution in [0.3, 0.4) is 0 Å². The molecule has 2 aromatic rings. The normalized spacial score (nSPS) is 15.1. The van der Waals surface area contributed by atoms with Crippen molar-refractivity contribution >= 4 is 21.6 Å². The number of rotatable bonds is 5. The Bertz CT molecular complexity index is 547. The van der Waals surface area contributed by atoms with E-state index in [9.17, 15) is 0 Å². The average Bonchev–Trinajstić information content (AvgIpc) is 2.82. The van der Waals surface area contributed by atoms with E-state index in [0.717, 1.165) is 11.3 Å². The fourth-order valence-corrected chi connectivity index (χ4v) is 3.62. The summed E-state index contributed by atoms with van der Waals surface area (Å²) in [6.07, 6.45) is 2.78. The van der Waals surface area contributed by atoms with Crippen molar-refractivity contribution in [1.29, 1.82) is 0 Å². The van der Waals surface area contributed by atoms with Gasteiger partial charge in [-0.25, -0.2) is 9.97 Å². The molecular formula is C15H23N3S. The van der Waals surface area contributed by atoms with Crippen LogP contribution in [0.1, 0.15) is 44.2 Å². The first-order chi connectivity index (χ1) is 9.08. The molecule has 0 saturated carbocycles. The van der Waals surface area contributed by atoms with E-state index in [1.807, 2.05) is 7.05 Å². The Morgan fingerprint density at radius 3 is 2.58 bits per heavy atom. The first kappa shape index (κ1) is 14.4. The molecule has 0 bridgehead atoms. The van der Waals surface area contributed by atoms with Gasteiger partial charge in [0.15, 0.2) is 0 Å². The molecule has 2 aromatic heterocycles. The molecule has 0 aliphatic rings. The lowest BCUT2D eigenvalue weighted by Gasteiger charge is -2.27. The van der Waals surface area contributed by atoms with Crippen LogP contribution in [0.5, 0.6) is 0 Å². The van der Waals surface area contributed by atoms with Crippen LogP contribution < -0.4 is 5.32 Å². The summed E-state index contributed by atoms with van der Waals surface area (Å²) in [7, 11) is 2.02. The Morgan fingerprint density at radius 1 is 1.26 bits per heavy atom. The van der Waals surface area contributed by atoms with Gasteiger partial charge in [-0.15, -0.1) is 11.3 Å². The second kappa shape index (κ2) is 5.97. The highest BCUT2D eigenvalue weighted by molar-refractivity contribution is 7.18. The number of aromatic nitrogens is 2. The molecule has 4 heteroatoms. The molecule has 2 rings (SSSR count). The minimum Gasteiger partial charge on any atom is -0.317 e. The standard InChI is InChI=1S/C15H23N3S/c1-6-11-7-12-14(17-8-18-15(12)19-11)13(9(2)3)10(4)16-5/h7-10,13,16H,6H2,1-5H3. The van der Waals surface area contributed by atoms with Gasteiger partial charge >= 0.3 is 0 Å². The van der Waals surface area contributed by atoms with Crippen LogP contribution in [0.2, 0.25) is 0 Å². The van der Waals surface area contributed by atoms with Crippen molar-refractivity contribution in [3.05, 3.63) is 23.0 Å². The molecule has 0 aliphatic heterocycles. The van der Waals surface area contributed by atoms with Gasteiger partial charge in [-0.2, -0.15) is 0 Å². The topological polar surface area (TPSA) is 37.8 Å². The van der Waals surface area contributed by atoms with Gasteiger partial charge in [0, 0.05) is 22.2 Å². The minimum atomic E-state index is 0.406. The molecule has 19 heavy (non-hydrogen) atoms. The van der Waals surface area contributed by atoms with Gasteiger partial charge in [0.05, 0.1) is 5.69 Å². The third-order valence-electron chi connectivity index (χ3n) is 3.79. The van der Waals surface area contributed by atoms with Gasteiger partial charge in [-0.1, -0.05) is 20.8 Å². The van der Waals surface area contributed by atoms with Crippen molar-refractivity contribution < 1.29 is 0 Å². The van der Waals surface area contributed by atoms with E-state index in [1.165, 1.54) is 16.0 Å². The molecule has 1 N–H and O–H groups in total. The maximum absolute atomic E-state index is 4.60. The van der Waals surface area contributed by atoms with Crippen molar-refractivity contribution in [2.75, 3.05) is 7.05 Å². The summed E-state index contributed by atoms with van der Waals surface area (Å²) in [4.78, 5) is 11.5. The van der Waals surface area contributed by atoms with Crippen LogP contribution in [-0.2, 0) is 6.42 Å². The van der Waals surface area contributed by atoms with Gasteiger partial charge < -0.3 is 5.32 Å².